The summed E-state index contributed by atoms with van der Waals surface area (Å²) >= 11 is 1.86. The van der Waals surface area contributed by atoms with Crippen LogP contribution in [0.3, 0.4) is 0 Å². The van der Waals surface area contributed by atoms with Gasteiger partial charge in [0.2, 0.25) is 0 Å². The molecule has 1 saturated carbocycles. The third kappa shape index (κ3) is 3.22. The molecule has 1 N–H and O–H groups in total. The Kier molecular flexibility index (Phi) is 3.14. The lowest BCUT2D eigenvalue weighted by molar-refractivity contribution is 0.673. The highest BCUT2D eigenvalue weighted by atomic mass is 32.2. The van der Waals surface area contributed by atoms with Crippen LogP contribution in [-0.2, 0) is 0 Å². The Bertz CT molecular complexity index is 199. The van der Waals surface area contributed by atoms with Crippen LogP contribution in [0, 0.1) is 5.92 Å². The summed E-state index contributed by atoms with van der Waals surface area (Å²) in [5.74, 6) is 2.24. The Hall–Kier alpha value is -0.180. The molecular formula is C10H18N2S. The van der Waals surface area contributed by atoms with Gasteiger partial charge in [-0.3, -0.25) is 4.99 Å². The van der Waals surface area contributed by atoms with Gasteiger partial charge in [-0.05, 0) is 25.7 Å². The lowest BCUT2D eigenvalue weighted by Gasteiger charge is -2.00. The van der Waals surface area contributed by atoms with Gasteiger partial charge in [0.25, 0.3) is 0 Å². The third-order valence-corrected chi connectivity index (χ3v) is 3.75. The molecule has 0 bridgehead atoms. The average molecular weight is 198 g/mol. The Morgan fingerprint density at radius 1 is 1.54 bits per heavy atom. The highest BCUT2D eigenvalue weighted by Crippen LogP contribution is 2.33. The normalized spacial score (nSPS) is 30.8. The smallest absolute Gasteiger partial charge is 0.156 e. The Morgan fingerprint density at radius 2 is 2.38 bits per heavy atom. The minimum absolute atomic E-state index is 0.618. The van der Waals surface area contributed by atoms with E-state index in [-0.39, 0.29) is 0 Å². The SMILES string of the molecule is CC1CSC(=NCCCC2CC2)N1. The van der Waals surface area contributed by atoms with Crippen molar-refractivity contribution in [2.75, 3.05) is 12.3 Å². The molecule has 0 aromatic carbocycles. The number of nitrogens with one attached hydrogen (secondary N) is 1. The second-order valence-electron chi connectivity index (χ2n) is 4.13. The summed E-state index contributed by atoms with van der Waals surface area (Å²) < 4.78 is 0. The molecule has 3 heteroatoms. The van der Waals surface area contributed by atoms with Crippen LogP contribution in [0.2, 0.25) is 0 Å². The van der Waals surface area contributed by atoms with Crippen LogP contribution < -0.4 is 5.32 Å². The quantitative estimate of drug-likeness (QED) is 0.701. The van der Waals surface area contributed by atoms with Gasteiger partial charge in [-0.2, -0.15) is 0 Å². The highest BCUT2D eigenvalue weighted by molar-refractivity contribution is 8.14. The average Bonchev–Trinajstić information content (AvgIpc) is 2.84. The van der Waals surface area contributed by atoms with E-state index in [4.69, 9.17) is 0 Å². The van der Waals surface area contributed by atoms with Gasteiger partial charge in [0, 0.05) is 18.3 Å². The first-order valence-electron chi connectivity index (χ1n) is 5.28. The van der Waals surface area contributed by atoms with Crippen LogP contribution in [-0.4, -0.2) is 23.5 Å². The van der Waals surface area contributed by atoms with Gasteiger partial charge in [0.1, 0.15) is 0 Å². The molecule has 2 rings (SSSR count). The van der Waals surface area contributed by atoms with E-state index in [1.165, 1.54) is 36.6 Å². The summed E-state index contributed by atoms with van der Waals surface area (Å²) in [6, 6.07) is 0.618. The molecule has 1 saturated heterocycles. The summed E-state index contributed by atoms with van der Waals surface area (Å²) in [7, 11) is 0. The lowest BCUT2D eigenvalue weighted by atomic mass is 10.2. The molecule has 0 aromatic heterocycles. The molecular weight excluding hydrogens is 180 g/mol. The van der Waals surface area contributed by atoms with Gasteiger partial charge in [0.05, 0.1) is 0 Å². The molecule has 74 valence electrons. The second kappa shape index (κ2) is 4.36. The summed E-state index contributed by atoms with van der Waals surface area (Å²) in [6.07, 6.45) is 5.63. The topological polar surface area (TPSA) is 24.4 Å². The van der Waals surface area contributed by atoms with E-state index >= 15 is 0 Å². The van der Waals surface area contributed by atoms with E-state index in [9.17, 15) is 0 Å². The van der Waals surface area contributed by atoms with Crippen molar-refractivity contribution in [3.63, 3.8) is 0 Å². The number of nitrogens with zero attached hydrogens (tertiary/aromatic N) is 1. The van der Waals surface area contributed by atoms with Gasteiger partial charge < -0.3 is 5.32 Å². The molecule has 1 aliphatic heterocycles. The van der Waals surface area contributed by atoms with Gasteiger partial charge in [-0.25, -0.2) is 0 Å². The van der Waals surface area contributed by atoms with Crippen molar-refractivity contribution in [2.24, 2.45) is 10.9 Å². The van der Waals surface area contributed by atoms with Crippen LogP contribution in [0.15, 0.2) is 4.99 Å². The maximum absolute atomic E-state index is 4.54. The summed E-state index contributed by atoms with van der Waals surface area (Å²) in [4.78, 5) is 4.54. The Balaban J connectivity index is 1.59. The zero-order valence-corrected chi connectivity index (χ0v) is 9.07. The molecule has 2 aliphatic rings. The van der Waals surface area contributed by atoms with E-state index in [0.29, 0.717) is 6.04 Å². The van der Waals surface area contributed by atoms with Crippen molar-refractivity contribution in [1.29, 1.82) is 0 Å². The molecule has 1 unspecified atom stereocenters. The first-order chi connectivity index (χ1) is 6.34. The Morgan fingerprint density at radius 3 is 3.00 bits per heavy atom. The van der Waals surface area contributed by atoms with Crippen LogP contribution in [0.5, 0.6) is 0 Å². The fourth-order valence-corrected chi connectivity index (χ4v) is 2.51. The van der Waals surface area contributed by atoms with Gasteiger partial charge in [-0.1, -0.05) is 24.6 Å². The van der Waals surface area contributed by atoms with Crippen molar-refractivity contribution >= 4 is 16.9 Å². The first kappa shape index (κ1) is 9.38. The fourth-order valence-electron chi connectivity index (χ4n) is 1.56. The molecule has 2 fully saturated rings. The molecule has 0 amide bonds. The van der Waals surface area contributed by atoms with Crippen LogP contribution in [0.4, 0.5) is 0 Å². The summed E-state index contributed by atoms with van der Waals surface area (Å²) in [6.45, 7) is 3.23. The van der Waals surface area contributed by atoms with E-state index in [1.54, 1.807) is 0 Å². The first-order valence-corrected chi connectivity index (χ1v) is 6.27. The lowest BCUT2D eigenvalue weighted by Crippen LogP contribution is -2.23. The highest BCUT2D eigenvalue weighted by Gasteiger charge is 2.20. The molecule has 13 heavy (non-hydrogen) atoms. The maximum atomic E-state index is 4.54. The minimum Gasteiger partial charge on any atom is -0.362 e. The third-order valence-electron chi connectivity index (χ3n) is 2.56. The van der Waals surface area contributed by atoms with E-state index in [0.717, 1.165) is 12.5 Å². The zero-order chi connectivity index (χ0) is 9.10. The van der Waals surface area contributed by atoms with Gasteiger partial charge >= 0.3 is 0 Å². The molecule has 0 aromatic rings. The largest absolute Gasteiger partial charge is 0.362 e. The molecule has 0 spiro atoms. The predicted octanol–water partition coefficient (Wildman–Crippen LogP) is 2.26. The molecule has 1 heterocycles. The predicted molar refractivity (Wildman–Crippen MR) is 59.3 cm³/mol. The summed E-state index contributed by atoms with van der Waals surface area (Å²) in [5, 5.41) is 4.54. The van der Waals surface area contributed by atoms with Crippen molar-refractivity contribution in [1.82, 2.24) is 5.32 Å². The van der Waals surface area contributed by atoms with Gasteiger partial charge in [-0.15, -0.1) is 0 Å². The van der Waals surface area contributed by atoms with E-state index in [1.807, 2.05) is 11.8 Å². The van der Waals surface area contributed by atoms with Crippen LogP contribution in [0.25, 0.3) is 0 Å². The van der Waals surface area contributed by atoms with Crippen molar-refractivity contribution in [3.05, 3.63) is 0 Å². The van der Waals surface area contributed by atoms with Crippen molar-refractivity contribution in [2.45, 2.75) is 38.6 Å². The van der Waals surface area contributed by atoms with Gasteiger partial charge in [0.15, 0.2) is 5.17 Å². The maximum Gasteiger partial charge on any atom is 0.156 e. The van der Waals surface area contributed by atoms with E-state index < -0.39 is 0 Å². The van der Waals surface area contributed by atoms with Crippen molar-refractivity contribution < 1.29 is 0 Å². The second-order valence-corrected chi connectivity index (χ2v) is 5.14. The zero-order valence-electron chi connectivity index (χ0n) is 8.25. The number of thioether (sulfide) groups is 1. The van der Waals surface area contributed by atoms with Crippen molar-refractivity contribution in [3.8, 4) is 0 Å². The molecule has 2 nitrogen and oxygen atoms in total. The number of amidine groups is 1. The fraction of sp³-hybridized carbons (Fsp3) is 0.900. The van der Waals surface area contributed by atoms with Crippen LogP contribution >= 0.6 is 11.8 Å². The number of rotatable bonds is 4. The van der Waals surface area contributed by atoms with E-state index in [2.05, 4.69) is 17.2 Å². The molecule has 1 aliphatic carbocycles. The number of hydrogen-bond donors (Lipinski definition) is 1. The Labute approximate surface area is 84.6 Å². The summed E-state index contributed by atoms with van der Waals surface area (Å²) in [5.41, 5.74) is 0. The minimum atomic E-state index is 0.618. The molecule has 1 atom stereocenters. The van der Waals surface area contributed by atoms with Crippen LogP contribution in [0.1, 0.15) is 32.6 Å². The molecule has 0 radical (unpaired) electrons. The number of hydrogen-bond acceptors (Lipinski definition) is 2. The standard InChI is InChI=1S/C10H18N2S/c1-8-7-13-10(12-8)11-6-2-3-9-4-5-9/h8-9H,2-7H2,1H3,(H,11,12). The number of aliphatic imine (C=N–C) groups is 1. The monoisotopic (exact) mass is 198 g/mol.